The number of aliphatic carboxylic acids is 1. The van der Waals surface area contributed by atoms with Gasteiger partial charge in [0.2, 0.25) is 10.0 Å². The fourth-order valence-corrected chi connectivity index (χ4v) is 2.67. The molecule has 8 heteroatoms. The molecule has 0 aliphatic rings. The van der Waals surface area contributed by atoms with Gasteiger partial charge in [-0.25, -0.2) is 8.42 Å². The van der Waals surface area contributed by atoms with Crippen molar-refractivity contribution in [3.05, 3.63) is 0 Å². The third kappa shape index (κ3) is 5.14. The third-order valence-corrected chi connectivity index (χ3v) is 3.52. The molecule has 0 rings (SSSR count). The molecule has 0 radical (unpaired) electrons. The number of carbonyl (C=O) groups excluding carboxylic acids is 1. The van der Waals surface area contributed by atoms with Crippen LogP contribution in [0.25, 0.3) is 0 Å². The van der Waals surface area contributed by atoms with Gasteiger partial charge in [0, 0.05) is 0 Å². The van der Waals surface area contributed by atoms with Crippen LogP contribution in [0.4, 0.5) is 0 Å². The number of methoxy groups -OCH3 is 1. The summed E-state index contributed by atoms with van der Waals surface area (Å²) in [5.41, 5.74) is -1.61. The minimum absolute atomic E-state index is 0.128. The molecule has 0 aliphatic heterocycles. The highest BCUT2D eigenvalue weighted by Gasteiger charge is 2.37. The Balaban J connectivity index is 4.88. The monoisotopic (exact) mass is 267 g/mol. The fraction of sp³-hybridized carbons (Fsp3) is 0.778. The molecule has 0 aromatic rings. The van der Waals surface area contributed by atoms with E-state index < -0.39 is 33.3 Å². The van der Waals surface area contributed by atoms with E-state index in [1.54, 1.807) is 6.92 Å². The Morgan fingerprint density at radius 1 is 1.41 bits per heavy atom. The van der Waals surface area contributed by atoms with Gasteiger partial charge in [-0.05, 0) is 13.3 Å². The molecule has 0 aromatic carbocycles. The van der Waals surface area contributed by atoms with Crippen molar-refractivity contribution in [3.63, 3.8) is 0 Å². The molecule has 0 saturated heterocycles. The minimum Gasteiger partial charge on any atom is -0.480 e. The second kappa shape index (κ2) is 5.97. The van der Waals surface area contributed by atoms with Gasteiger partial charge in [0.25, 0.3) is 0 Å². The smallest absolute Gasteiger partial charge is 0.324 e. The van der Waals surface area contributed by atoms with E-state index in [2.05, 4.69) is 4.74 Å². The normalized spacial score (nSPS) is 15.0. The maximum atomic E-state index is 11.5. The van der Waals surface area contributed by atoms with Crippen LogP contribution in [-0.2, 0) is 24.3 Å². The van der Waals surface area contributed by atoms with Gasteiger partial charge in [0.05, 0.1) is 7.11 Å². The van der Waals surface area contributed by atoms with E-state index in [9.17, 15) is 18.0 Å². The van der Waals surface area contributed by atoms with Crippen molar-refractivity contribution in [1.29, 1.82) is 0 Å². The zero-order valence-corrected chi connectivity index (χ0v) is 10.8. The first-order chi connectivity index (χ1) is 7.67. The summed E-state index contributed by atoms with van der Waals surface area (Å²) < 4.78 is 29.3. The van der Waals surface area contributed by atoms with E-state index in [1.165, 1.54) is 6.92 Å². The van der Waals surface area contributed by atoms with Crippen LogP contribution in [0.5, 0.6) is 0 Å². The van der Waals surface area contributed by atoms with Gasteiger partial charge in [-0.3, -0.25) is 9.59 Å². The predicted octanol–water partition coefficient (Wildman–Crippen LogP) is -0.278. The van der Waals surface area contributed by atoms with Gasteiger partial charge in [-0.1, -0.05) is 13.3 Å². The van der Waals surface area contributed by atoms with Gasteiger partial charge >= 0.3 is 11.9 Å². The number of ether oxygens (including phenoxy) is 1. The second-order valence-corrected chi connectivity index (χ2v) is 5.55. The zero-order valence-electron chi connectivity index (χ0n) is 10.0. The van der Waals surface area contributed by atoms with Crippen molar-refractivity contribution in [2.45, 2.75) is 32.2 Å². The average molecular weight is 267 g/mol. The average Bonchev–Trinajstić information content (AvgIpc) is 2.15. The van der Waals surface area contributed by atoms with Crippen LogP contribution in [0.2, 0.25) is 0 Å². The highest BCUT2D eigenvalue weighted by Crippen LogP contribution is 2.14. The van der Waals surface area contributed by atoms with Crippen molar-refractivity contribution in [2.75, 3.05) is 12.9 Å². The van der Waals surface area contributed by atoms with E-state index in [1.807, 2.05) is 4.72 Å². The summed E-state index contributed by atoms with van der Waals surface area (Å²) in [4.78, 5) is 21.9. The molecule has 1 atom stereocenters. The lowest BCUT2D eigenvalue weighted by Crippen LogP contribution is -2.53. The number of nitrogens with one attached hydrogen (secondary N) is 1. The van der Waals surface area contributed by atoms with Crippen molar-refractivity contribution >= 4 is 22.0 Å². The van der Waals surface area contributed by atoms with Crippen molar-refractivity contribution in [2.24, 2.45) is 0 Å². The van der Waals surface area contributed by atoms with E-state index in [0.29, 0.717) is 6.42 Å². The largest absolute Gasteiger partial charge is 0.480 e. The molecule has 0 saturated carbocycles. The minimum atomic E-state index is -4.02. The SMILES string of the molecule is CCCC(C)(NS(=O)(=O)CC(=O)OC)C(=O)O. The first-order valence-corrected chi connectivity index (χ1v) is 6.64. The molecule has 7 nitrogen and oxygen atoms in total. The lowest BCUT2D eigenvalue weighted by Gasteiger charge is -2.25. The van der Waals surface area contributed by atoms with Gasteiger partial charge in [0.1, 0.15) is 5.54 Å². The Morgan fingerprint density at radius 3 is 2.29 bits per heavy atom. The Kier molecular flexibility index (Phi) is 5.56. The first kappa shape index (κ1) is 15.9. The molecule has 0 spiro atoms. The van der Waals surface area contributed by atoms with Gasteiger partial charge in [-0.2, -0.15) is 4.72 Å². The summed E-state index contributed by atoms with van der Waals surface area (Å²) in [7, 11) is -2.97. The molecule has 0 bridgehead atoms. The van der Waals surface area contributed by atoms with E-state index in [4.69, 9.17) is 5.11 Å². The summed E-state index contributed by atoms with van der Waals surface area (Å²) in [5, 5.41) is 8.98. The molecule has 0 aliphatic carbocycles. The van der Waals surface area contributed by atoms with E-state index in [0.717, 1.165) is 7.11 Å². The number of hydrogen-bond acceptors (Lipinski definition) is 5. The van der Waals surface area contributed by atoms with Gasteiger partial charge in [0.15, 0.2) is 5.75 Å². The second-order valence-electron chi connectivity index (χ2n) is 3.82. The summed E-state index contributed by atoms with van der Waals surface area (Å²) >= 11 is 0. The number of carbonyl (C=O) groups is 2. The Hall–Kier alpha value is -1.15. The highest BCUT2D eigenvalue weighted by molar-refractivity contribution is 7.90. The number of sulfonamides is 1. The number of esters is 1. The van der Waals surface area contributed by atoms with Crippen LogP contribution >= 0.6 is 0 Å². The molecule has 0 heterocycles. The Morgan fingerprint density at radius 2 is 1.94 bits per heavy atom. The number of carboxylic acids is 1. The molecule has 17 heavy (non-hydrogen) atoms. The highest BCUT2D eigenvalue weighted by atomic mass is 32.2. The molecule has 100 valence electrons. The molecule has 0 aromatic heterocycles. The fourth-order valence-electron chi connectivity index (χ4n) is 1.29. The predicted molar refractivity (Wildman–Crippen MR) is 59.9 cm³/mol. The van der Waals surface area contributed by atoms with Gasteiger partial charge in [-0.15, -0.1) is 0 Å². The lowest BCUT2D eigenvalue weighted by atomic mass is 9.98. The molecule has 1 unspecified atom stereocenters. The quantitative estimate of drug-likeness (QED) is 0.614. The summed E-state index contributed by atoms with van der Waals surface area (Å²) in [6.45, 7) is 2.99. The van der Waals surface area contributed by atoms with Gasteiger partial charge < -0.3 is 9.84 Å². The van der Waals surface area contributed by atoms with Crippen molar-refractivity contribution in [1.82, 2.24) is 4.72 Å². The van der Waals surface area contributed by atoms with Crippen LogP contribution in [0.15, 0.2) is 0 Å². The van der Waals surface area contributed by atoms with Crippen LogP contribution in [0, 0.1) is 0 Å². The summed E-state index contributed by atoms with van der Waals surface area (Å²) in [5.74, 6) is -3.12. The van der Waals surface area contributed by atoms with Crippen LogP contribution in [0.1, 0.15) is 26.7 Å². The Labute approximate surface area is 100 Å². The number of hydrogen-bond donors (Lipinski definition) is 2. The molecule has 2 N–H and O–H groups in total. The maximum absolute atomic E-state index is 11.5. The van der Waals surface area contributed by atoms with Crippen LogP contribution < -0.4 is 4.72 Å². The zero-order chi connectivity index (χ0) is 13.7. The number of carboxylic acid groups (broad SMARTS) is 1. The molecular formula is C9H17NO6S. The molecule has 0 fully saturated rings. The summed E-state index contributed by atoms with van der Waals surface area (Å²) in [6, 6.07) is 0. The van der Waals surface area contributed by atoms with E-state index in [-0.39, 0.29) is 6.42 Å². The number of rotatable bonds is 7. The van der Waals surface area contributed by atoms with Crippen molar-refractivity contribution in [3.8, 4) is 0 Å². The summed E-state index contributed by atoms with van der Waals surface area (Å²) in [6.07, 6.45) is 0.617. The third-order valence-electron chi connectivity index (χ3n) is 2.14. The van der Waals surface area contributed by atoms with Crippen LogP contribution in [-0.4, -0.2) is 43.9 Å². The van der Waals surface area contributed by atoms with Crippen LogP contribution in [0.3, 0.4) is 0 Å². The maximum Gasteiger partial charge on any atom is 0.324 e. The topological polar surface area (TPSA) is 110 Å². The molecule has 0 amide bonds. The Bertz CT molecular complexity index is 390. The molecular weight excluding hydrogens is 250 g/mol. The van der Waals surface area contributed by atoms with Crippen molar-refractivity contribution < 1.29 is 27.9 Å². The standard InChI is InChI=1S/C9H17NO6S/c1-4-5-9(2,8(12)13)10-17(14,15)6-7(11)16-3/h10H,4-6H2,1-3H3,(H,12,13). The first-order valence-electron chi connectivity index (χ1n) is 4.98. The van der Waals surface area contributed by atoms with E-state index >= 15 is 0 Å². The lowest BCUT2D eigenvalue weighted by molar-refractivity contribution is -0.144.